The minimum atomic E-state index is 0.126. The lowest BCUT2D eigenvalue weighted by Crippen LogP contribution is -2.13. The summed E-state index contributed by atoms with van der Waals surface area (Å²) in [5.74, 6) is 0.126. The molecule has 0 saturated carbocycles. The maximum absolute atomic E-state index is 9.19. The molecule has 0 amide bonds. The third-order valence-electron chi connectivity index (χ3n) is 1.87. The first-order valence-electron chi connectivity index (χ1n) is 4.53. The highest BCUT2D eigenvalue weighted by molar-refractivity contribution is 6.32. The zero-order valence-corrected chi connectivity index (χ0v) is 8.72. The van der Waals surface area contributed by atoms with Crippen molar-refractivity contribution in [3.05, 3.63) is 41.4 Å². The number of phenolic OH excluding ortho intramolecular Hbond substituents is 1. The molecule has 0 radical (unpaired) electrons. The highest BCUT2D eigenvalue weighted by Crippen LogP contribution is 2.23. The molecule has 3 heteroatoms. The molecular weight excluding hydrogens is 198 g/mol. The average Bonchev–Trinajstić information content (AvgIpc) is 2.18. The number of rotatable bonds is 5. The molecule has 76 valence electrons. The number of phenols is 1. The van der Waals surface area contributed by atoms with Gasteiger partial charge in [-0.15, -0.1) is 6.58 Å². The van der Waals surface area contributed by atoms with E-state index in [1.54, 1.807) is 12.1 Å². The molecule has 0 aliphatic rings. The van der Waals surface area contributed by atoms with Crippen LogP contribution in [0.2, 0.25) is 5.02 Å². The molecule has 0 aliphatic carbocycles. The first kappa shape index (κ1) is 11.1. The van der Waals surface area contributed by atoms with Crippen molar-refractivity contribution >= 4 is 11.6 Å². The number of hydrogen-bond donors (Lipinski definition) is 2. The highest BCUT2D eigenvalue weighted by atomic mass is 35.5. The molecule has 0 saturated heterocycles. The number of benzene rings is 1. The molecule has 14 heavy (non-hydrogen) atoms. The SMILES string of the molecule is C=CCCNCc1ccc(O)c(Cl)c1. The normalized spacial score (nSPS) is 10.1. The summed E-state index contributed by atoms with van der Waals surface area (Å²) in [6, 6.07) is 5.22. The lowest BCUT2D eigenvalue weighted by atomic mass is 10.2. The van der Waals surface area contributed by atoms with Crippen molar-refractivity contribution in [3.63, 3.8) is 0 Å². The Balaban J connectivity index is 2.43. The monoisotopic (exact) mass is 211 g/mol. The molecule has 0 aliphatic heterocycles. The van der Waals surface area contributed by atoms with Gasteiger partial charge < -0.3 is 10.4 Å². The number of hydrogen-bond acceptors (Lipinski definition) is 2. The molecule has 1 rings (SSSR count). The topological polar surface area (TPSA) is 32.3 Å². The Labute approximate surface area is 89.2 Å². The van der Waals surface area contributed by atoms with Crippen LogP contribution < -0.4 is 5.32 Å². The molecule has 1 aromatic rings. The highest BCUT2D eigenvalue weighted by Gasteiger charge is 1.98. The fourth-order valence-electron chi connectivity index (χ4n) is 1.10. The van der Waals surface area contributed by atoms with Gasteiger partial charge >= 0.3 is 0 Å². The van der Waals surface area contributed by atoms with Gasteiger partial charge in [-0.05, 0) is 30.7 Å². The molecule has 0 bridgehead atoms. The number of halogens is 1. The van der Waals surface area contributed by atoms with Gasteiger partial charge in [-0.1, -0.05) is 23.7 Å². The molecule has 0 atom stereocenters. The summed E-state index contributed by atoms with van der Waals surface area (Å²) >= 11 is 5.76. The first-order chi connectivity index (χ1) is 6.74. The van der Waals surface area contributed by atoms with Gasteiger partial charge in [-0.2, -0.15) is 0 Å². The van der Waals surface area contributed by atoms with E-state index in [1.807, 2.05) is 12.1 Å². The van der Waals surface area contributed by atoms with Crippen LogP contribution in [-0.2, 0) is 6.54 Å². The van der Waals surface area contributed by atoms with Crippen LogP contribution in [0.3, 0.4) is 0 Å². The Morgan fingerprint density at radius 1 is 1.50 bits per heavy atom. The molecule has 0 aromatic heterocycles. The Hall–Kier alpha value is -0.990. The lowest BCUT2D eigenvalue weighted by molar-refractivity contribution is 0.475. The maximum Gasteiger partial charge on any atom is 0.134 e. The van der Waals surface area contributed by atoms with Crippen LogP contribution in [0.1, 0.15) is 12.0 Å². The molecule has 2 nitrogen and oxygen atoms in total. The van der Waals surface area contributed by atoms with Crippen molar-refractivity contribution in [2.45, 2.75) is 13.0 Å². The molecule has 0 unspecified atom stereocenters. The quantitative estimate of drug-likeness (QED) is 0.580. The van der Waals surface area contributed by atoms with Crippen molar-refractivity contribution in [1.29, 1.82) is 0 Å². The van der Waals surface area contributed by atoms with Gasteiger partial charge in [0.2, 0.25) is 0 Å². The van der Waals surface area contributed by atoms with Gasteiger partial charge in [0.15, 0.2) is 0 Å². The minimum Gasteiger partial charge on any atom is -0.506 e. The zero-order valence-electron chi connectivity index (χ0n) is 7.96. The van der Waals surface area contributed by atoms with Crippen molar-refractivity contribution in [2.75, 3.05) is 6.54 Å². The second-order valence-electron chi connectivity index (χ2n) is 3.04. The van der Waals surface area contributed by atoms with E-state index in [9.17, 15) is 5.11 Å². The van der Waals surface area contributed by atoms with Crippen molar-refractivity contribution in [1.82, 2.24) is 5.32 Å². The predicted molar refractivity (Wildman–Crippen MR) is 59.6 cm³/mol. The molecule has 1 aromatic carbocycles. The fraction of sp³-hybridized carbons (Fsp3) is 0.273. The Bertz CT molecular complexity index is 312. The van der Waals surface area contributed by atoms with Gasteiger partial charge in [-0.25, -0.2) is 0 Å². The maximum atomic E-state index is 9.19. The van der Waals surface area contributed by atoms with Gasteiger partial charge in [0.1, 0.15) is 5.75 Å². The van der Waals surface area contributed by atoms with Crippen LogP contribution in [0.25, 0.3) is 0 Å². The van der Waals surface area contributed by atoms with E-state index in [2.05, 4.69) is 11.9 Å². The summed E-state index contributed by atoms with van der Waals surface area (Å²) in [6.07, 6.45) is 2.82. The van der Waals surface area contributed by atoms with E-state index in [-0.39, 0.29) is 5.75 Å². The van der Waals surface area contributed by atoms with Crippen LogP contribution in [-0.4, -0.2) is 11.7 Å². The van der Waals surface area contributed by atoms with Crippen molar-refractivity contribution in [3.8, 4) is 5.75 Å². The molecule has 0 spiro atoms. The third kappa shape index (κ3) is 3.40. The summed E-state index contributed by atoms with van der Waals surface area (Å²) in [5.41, 5.74) is 1.07. The fourth-order valence-corrected chi connectivity index (χ4v) is 1.30. The number of aromatic hydroxyl groups is 1. The third-order valence-corrected chi connectivity index (χ3v) is 2.17. The van der Waals surface area contributed by atoms with E-state index < -0.39 is 0 Å². The predicted octanol–water partition coefficient (Wildman–Crippen LogP) is 2.71. The molecule has 0 fully saturated rings. The number of nitrogens with one attached hydrogen (secondary N) is 1. The van der Waals surface area contributed by atoms with E-state index in [0.29, 0.717) is 5.02 Å². The Morgan fingerprint density at radius 2 is 2.29 bits per heavy atom. The summed E-state index contributed by atoms with van der Waals surface area (Å²) in [6.45, 7) is 5.30. The summed E-state index contributed by atoms with van der Waals surface area (Å²) in [5, 5.41) is 12.8. The van der Waals surface area contributed by atoms with Crippen LogP contribution in [0.5, 0.6) is 5.75 Å². The standard InChI is InChI=1S/C11H14ClNO/c1-2-3-6-13-8-9-4-5-11(14)10(12)7-9/h2,4-5,7,13-14H,1,3,6,8H2. The molecular formula is C11H14ClNO. The lowest BCUT2D eigenvalue weighted by Gasteiger charge is -2.04. The van der Waals surface area contributed by atoms with Crippen LogP contribution in [0.15, 0.2) is 30.9 Å². The van der Waals surface area contributed by atoms with E-state index in [1.165, 1.54) is 0 Å². The Morgan fingerprint density at radius 3 is 2.93 bits per heavy atom. The van der Waals surface area contributed by atoms with E-state index in [0.717, 1.165) is 25.1 Å². The molecule has 2 N–H and O–H groups in total. The van der Waals surface area contributed by atoms with Gasteiger partial charge in [-0.3, -0.25) is 0 Å². The summed E-state index contributed by atoms with van der Waals surface area (Å²) < 4.78 is 0. The second-order valence-corrected chi connectivity index (χ2v) is 3.45. The van der Waals surface area contributed by atoms with Crippen LogP contribution >= 0.6 is 11.6 Å². The second kappa shape index (κ2) is 5.68. The summed E-state index contributed by atoms with van der Waals surface area (Å²) in [7, 11) is 0. The smallest absolute Gasteiger partial charge is 0.134 e. The van der Waals surface area contributed by atoms with Crippen LogP contribution in [0.4, 0.5) is 0 Å². The van der Waals surface area contributed by atoms with Crippen LogP contribution in [0, 0.1) is 0 Å². The van der Waals surface area contributed by atoms with Crippen molar-refractivity contribution in [2.24, 2.45) is 0 Å². The first-order valence-corrected chi connectivity index (χ1v) is 4.91. The average molecular weight is 212 g/mol. The molecule has 0 heterocycles. The van der Waals surface area contributed by atoms with E-state index >= 15 is 0 Å². The summed E-state index contributed by atoms with van der Waals surface area (Å²) in [4.78, 5) is 0. The van der Waals surface area contributed by atoms with Crippen molar-refractivity contribution < 1.29 is 5.11 Å². The van der Waals surface area contributed by atoms with Gasteiger partial charge in [0.25, 0.3) is 0 Å². The Kier molecular flexibility index (Phi) is 4.50. The largest absolute Gasteiger partial charge is 0.506 e. The minimum absolute atomic E-state index is 0.126. The zero-order chi connectivity index (χ0) is 10.4. The van der Waals surface area contributed by atoms with E-state index in [4.69, 9.17) is 11.6 Å². The van der Waals surface area contributed by atoms with Gasteiger partial charge in [0, 0.05) is 6.54 Å². The van der Waals surface area contributed by atoms with Gasteiger partial charge in [0.05, 0.1) is 5.02 Å².